The molecule has 0 aliphatic carbocycles. The number of aromatic nitrogens is 1. The number of nitrogens with one attached hydrogen (secondary N) is 2. The first kappa shape index (κ1) is 39.7. The Morgan fingerprint density at radius 1 is 0.959 bits per heavy atom. The zero-order valence-corrected chi connectivity index (χ0v) is 29.6. The molecule has 3 aromatic carbocycles. The number of carboxylic acid groups (broad SMARTS) is 1. The van der Waals surface area contributed by atoms with Crippen LogP contribution in [0.15, 0.2) is 71.5 Å². The number of phenols is 1. The molecule has 4 aromatic rings. The Morgan fingerprint density at radius 2 is 1.71 bits per heavy atom. The number of hydrogen-bond donors (Lipinski definition) is 5. The maximum absolute atomic E-state index is 13.0. The van der Waals surface area contributed by atoms with E-state index in [1.54, 1.807) is 36.4 Å². The minimum absolute atomic E-state index is 0.0888. The Labute approximate surface area is 296 Å². The number of carbonyl (C=O) groups is 2. The van der Waals surface area contributed by atoms with E-state index in [1.807, 2.05) is 35.2 Å². The molecule has 49 heavy (non-hydrogen) atoms. The first-order chi connectivity index (χ1) is 23.6. The molecule has 1 atom stereocenters. The normalized spacial score (nSPS) is 11.7. The van der Waals surface area contributed by atoms with Crippen molar-refractivity contribution in [1.82, 2.24) is 20.1 Å². The number of amides is 1. The molecule has 1 heterocycles. The van der Waals surface area contributed by atoms with E-state index in [1.165, 1.54) is 0 Å². The topological polar surface area (TPSA) is 155 Å². The number of rotatable bonds is 19. The zero-order chi connectivity index (χ0) is 35.6. The summed E-state index contributed by atoms with van der Waals surface area (Å²) in [5.74, 6) is -1.04. The number of benzene rings is 3. The lowest BCUT2D eigenvalue weighted by atomic mass is 10.1. The Balaban J connectivity index is 0.000000501. The number of H-pyrrole nitrogens is 1. The van der Waals surface area contributed by atoms with Crippen molar-refractivity contribution in [3.63, 3.8) is 0 Å². The number of thiazole rings is 1. The summed E-state index contributed by atoms with van der Waals surface area (Å²) in [5.41, 5.74) is 3.04. The average Bonchev–Trinajstić information content (AvgIpc) is 3.51. The fraction of sp³-hybridized carbons (Fsp3) is 0.417. The van der Waals surface area contributed by atoms with Gasteiger partial charge in [-0.15, -0.1) is 0 Å². The first-order valence-corrected chi connectivity index (χ1v) is 17.6. The number of nitrogens with zero attached hydrogens (tertiary/aromatic N) is 2. The van der Waals surface area contributed by atoms with E-state index in [9.17, 15) is 19.5 Å². The van der Waals surface area contributed by atoms with Crippen molar-refractivity contribution >= 4 is 45.0 Å². The molecule has 5 N–H and O–H groups in total. The SMILES string of the molecule is CCN(CC)CCN(CCNCCc1ccc(O)c2[nH]c(=O)sc12)C(=O)CCOCCc1cccc(Cl)c1.O=C(O)C(O)c1ccccc1. The van der Waals surface area contributed by atoms with Crippen molar-refractivity contribution in [2.45, 2.75) is 39.2 Å². The molecule has 0 radical (unpaired) electrons. The summed E-state index contributed by atoms with van der Waals surface area (Å²) < 4.78 is 6.54. The predicted octanol–water partition coefficient (Wildman–Crippen LogP) is 4.71. The summed E-state index contributed by atoms with van der Waals surface area (Å²) in [5, 5.41) is 31.5. The van der Waals surface area contributed by atoms with Gasteiger partial charge in [-0.3, -0.25) is 9.59 Å². The third kappa shape index (κ3) is 13.6. The van der Waals surface area contributed by atoms with Gasteiger partial charge in [0, 0.05) is 31.2 Å². The first-order valence-electron chi connectivity index (χ1n) is 16.4. The number of aromatic amines is 1. The summed E-state index contributed by atoms with van der Waals surface area (Å²) in [6.45, 7) is 10.6. The fourth-order valence-electron chi connectivity index (χ4n) is 5.08. The molecule has 11 nitrogen and oxygen atoms in total. The molecule has 0 fully saturated rings. The molecule has 0 spiro atoms. The third-order valence-corrected chi connectivity index (χ3v) is 9.13. The largest absolute Gasteiger partial charge is 0.506 e. The Bertz CT molecular complexity index is 1650. The highest BCUT2D eigenvalue weighted by Crippen LogP contribution is 2.27. The lowest BCUT2D eigenvalue weighted by molar-refractivity contribution is -0.147. The van der Waals surface area contributed by atoms with Crippen LogP contribution < -0.4 is 10.2 Å². The number of ether oxygens (including phenoxy) is 1. The van der Waals surface area contributed by atoms with E-state index < -0.39 is 12.1 Å². The van der Waals surface area contributed by atoms with Crippen LogP contribution in [0.2, 0.25) is 5.02 Å². The van der Waals surface area contributed by atoms with Crippen LogP contribution in [0.25, 0.3) is 10.2 Å². The quantitative estimate of drug-likeness (QED) is 0.0869. The van der Waals surface area contributed by atoms with Gasteiger partial charge in [-0.05, 0) is 67.4 Å². The van der Waals surface area contributed by atoms with Crippen molar-refractivity contribution in [2.75, 3.05) is 59.0 Å². The second kappa shape index (κ2) is 21.3. The van der Waals surface area contributed by atoms with E-state index in [-0.39, 0.29) is 16.5 Å². The number of hydrogen-bond acceptors (Lipinski definition) is 9. The van der Waals surface area contributed by atoms with Gasteiger partial charge in [0.2, 0.25) is 5.91 Å². The zero-order valence-electron chi connectivity index (χ0n) is 28.1. The maximum atomic E-state index is 13.0. The lowest BCUT2D eigenvalue weighted by Gasteiger charge is -2.27. The van der Waals surface area contributed by atoms with Gasteiger partial charge in [0.05, 0.1) is 24.3 Å². The predicted molar refractivity (Wildman–Crippen MR) is 195 cm³/mol. The minimum atomic E-state index is -1.41. The number of fused-ring (bicyclic) bond motifs is 1. The van der Waals surface area contributed by atoms with Gasteiger partial charge in [0.25, 0.3) is 0 Å². The number of aliphatic hydroxyl groups excluding tert-OH is 1. The van der Waals surface area contributed by atoms with Crippen LogP contribution in [0, 0.1) is 0 Å². The smallest absolute Gasteiger partial charge is 0.337 e. The van der Waals surface area contributed by atoms with Crippen molar-refractivity contribution in [2.24, 2.45) is 0 Å². The van der Waals surface area contributed by atoms with Gasteiger partial charge >= 0.3 is 10.8 Å². The number of carboxylic acids is 1. The van der Waals surface area contributed by atoms with Gasteiger partial charge < -0.3 is 40.2 Å². The molecule has 0 aliphatic heterocycles. The van der Waals surface area contributed by atoms with Gasteiger partial charge in [-0.1, -0.05) is 85.3 Å². The molecule has 0 bridgehead atoms. The van der Waals surface area contributed by atoms with E-state index in [0.717, 1.165) is 59.6 Å². The standard InChI is InChI=1S/C28H39ClN4O4S.C8H8O3/c1-3-32(4-2)16-17-33(25(35)12-19-37-18-11-21-6-5-7-23(29)20-21)15-14-30-13-10-22-8-9-24(34)26-27(22)38-28(36)31-26;9-7(8(10)11)6-4-2-1-3-5-6/h5-9,20,30,34H,3-4,10-19H2,1-2H3,(H,31,36);1-5,7,9H,(H,10,11). The molecular weight excluding hydrogens is 668 g/mol. The molecule has 13 heteroatoms. The molecule has 0 saturated carbocycles. The van der Waals surface area contributed by atoms with Gasteiger partial charge in [0.15, 0.2) is 6.10 Å². The lowest BCUT2D eigenvalue weighted by Crippen LogP contribution is -2.42. The number of likely N-dealkylation sites (N-methyl/N-ethyl adjacent to an activating group) is 1. The van der Waals surface area contributed by atoms with Crippen LogP contribution in [-0.4, -0.2) is 101 Å². The molecule has 1 amide bonds. The fourth-order valence-corrected chi connectivity index (χ4v) is 6.19. The number of aliphatic hydroxyl groups is 1. The van der Waals surface area contributed by atoms with Crippen LogP contribution in [-0.2, 0) is 27.2 Å². The monoisotopic (exact) mass is 714 g/mol. The van der Waals surface area contributed by atoms with Crippen LogP contribution in [0.1, 0.15) is 43.1 Å². The molecular formula is C36H47ClN4O7S. The molecule has 0 saturated heterocycles. The van der Waals surface area contributed by atoms with Crippen LogP contribution in [0.4, 0.5) is 0 Å². The van der Waals surface area contributed by atoms with Gasteiger partial charge in [0.1, 0.15) is 11.3 Å². The highest BCUT2D eigenvalue weighted by molar-refractivity contribution is 7.16. The van der Waals surface area contributed by atoms with Crippen molar-refractivity contribution < 1.29 is 29.6 Å². The number of aromatic hydroxyl groups is 1. The Morgan fingerprint density at radius 3 is 2.41 bits per heavy atom. The van der Waals surface area contributed by atoms with Crippen molar-refractivity contribution in [3.8, 4) is 5.75 Å². The van der Waals surface area contributed by atoms with Crippen LogP contribution in [0.3, 0.4) is 0 Å². The van der Waals surface area contributed by atoms with E-state index >= 15 is 0 Å². The summed E-state index contributed by atoms with van der Waals surface area (Å²) in [4.78, 5) is 41.7. The summed E-state index contributed by atoms with van der Waals surface area (Å²) in [7, 11) is 0. The van der Waals surface area contributed by atoms with Crippen LogP contribution >= 0.6 is 22.9 Å². The minimum Gasteiger partial charge on any atom is -0.506 e. The van der Waals surface area contributed by atoms with Gasteiger partial charge in [-0.2, -0.15) is 0 Å². The van der Waals surface area contributed by atoms with Crippen molar-refractivity contribution in [3.05, 3.63) is 98.1 Å². The van der Waals surface area contributed by atoms with E-state index in [2.05, 4.69) is 29.0 Å². The molecule has 1 aromatic heterocycles. The number of carbonyl (C=O) groups excluding carboxylic acids is 1. The van der Waals surface area contributed by atoms with Gasteiger partial charge in [-0.25, -0.2) is 4.79 Å². The average molecular weight is 715 g/mol. The Kier molecular flexibility index (Phi) is 17.3. The molecule has 1 unspecified atom stereocenters. The summed E-state index contributed by atoms with van der Waals surface area (Å²) in [6, 6.07) is 19.5. The van der Waals surface area contributed by atoms with E-state index in [4.69, 9.17) is 26.6 Å². The number of phenolic OH excluding ortho intramolecular Hbond substituents is 1. The highest BCUT2D eigenvalue weighted by Gasteiger charge is 2.16. The van der Waals surface area contributed by atoms with Crippen molar-refractivity contribution in [1.29, 1.82) is 0 Å². The highest BCUT2D eigenvalue weighted by atomic mass is 35.5. The maximum Gasteiger partial charge on any atom is 0.337 e. The Hall–Kier alpha value is -3.78. The molecule has 4 rings (SSSR count). The van der Waals surface area contributed by atoms with Crippen LogP contribution in [0.5, 0.6) is 5.75 Å². The summed E-state index contributed by atoms with van der Waals surface area (Å²) >= 11 is 7.15. The summed E-state index contributed by atoms with van der Waals surface area (Å²) in [6.07, 6.45) is 0.428. The third-order valence-electron chi connectivity index (χ3n) is 7.94. The molecule has 266 valence electrons. The number of aliphatic carboxylic acids is 1. The second-order valence-electron chi connectivity index (χ2n) is 11.3. The van der Waals surface area contributed by atoms with E-state index in [0.29, 0.717) is 61.9 Å². The number of halogens is 1. The second-order valence-corrected chi connectivity index (χ2v) is 12.7. The molecule has 0 aliphatic rings.